The summed E-state index contributed by atoms with van der Waals surface area (Å²) >= 11 is 0. The van der Waals surface area contributed by atoms with E-state index in [4.69, 9.17) is 0 Å². The zero-order valence-corrected chi connectivity index (χ0v) is 17.5. The molecule has 2 atom stereocenters. The van der Waals surface area contributed by atoms with Crippen molar-refractivity contribution >= 4 is 12.1 Å². The van der Waals surface area contributed by atoms with Crippen LogP contribution >= 0.6 is 0 Å². The van der Waals surface area contributed by atoms with Crippen molar-refractivity contribution in [2.24, 2.45) is 0 Å². The van der Waals surface area contributed by atoms with Crippen LogP contribution in [0.2, 0.25) is 0 Å². The van der Waals surface area contributed by atoms with Crippen molar-refractivity contribution in [2.75, 3.05) is 41.3 Å². The number of quaternary nitrogens is 2. The first-order valence-electron chi connectivity index (χ1n) is 8.85. The Morgan fingerprint density at radius 1 is 0.667 bits per heavy atom. The van der Waals surface area contributed by atoms with E-state index in [0.717, 1.165) is 35.7 Å². The molecular formula is C18H40N4O2+2. The quantitative estimate of drug-likeness (QED) is 0.714. The van der Waals surface area contributed by atoms with Gasteiger partial charge in [-0.05, 0) is 41.5 Å². The number of hydrogen-bond donors (Lipinski definition) is 2. The standard InChI is InChI=1S/C18H38N4O2/c1-17(2,3)21(15(23)19(7)8)13-11-12-14-22(18(4,5)6)16(24)20(9)10/h11-14H2,1-10H3/p+2. The average Bonchev–Trinajstić information content (AvgIpc) is 2.38. The van der Waals surface area contributed by atoms with Crippen molar-refractivity contribution < 1.29 is 19.4 Å². The Kier molecular flexibility index (Phi) is 8.39. The third-order valence-corrected chi connectivity index (χ3v) is 4.24. The fourth-order valence-electron chi connectivity index (χ4n) is 2.75. The van der Waals surface area contributed by atoms with Crippen LogP contribution in [-0.4, -0.2) is 74.2 Å². The van der Waals surface area contributed by atoms with Crippen LogP contribution in [0.5, 0.6) is 0 Å². The van der Waals surface area contributed by atoms with E-state index in [1.54, 1.807) is 38.0 Å². The van der Waals surface area contributed by atoms with Gasteiger partial charge in [-0.15, -0.1) is 0 Å². The molecule has 0 spiro atoms. The van der Waals surface area contributed by atoms with E-state index in [2.05, 4.69) is 41.5 Å². The summed E-state index contributed by atoms with van der Waals surface area (Å²) in [7, 11) is 7.20. The van der Waals surface area contributed by atoms with E-state index < -0.39 is 0 Å². The minimum absolute atomic E-state index is 0.117. The maximum absolute atomic E-state index is 12.4. The maximum Gasteiger partial charge on any atom is 0.417 e. The molecule has 0 saturated carbocycles. The van der Waals surface area contributed by atoms with Gasteiger partial charge >= 0.3 is 12.1 Å². The van der Waals surface area contributed by atoms with Gasteiger partial charge in [-0.3, -0.25) is 9.80 Å². The van der Waals surface area contributed by atoms with E-state index in [1.807, 2.05) is 0 Å². The molecule has 0 aromatic rings. The second kappa shape index (κ2) is 8.81. The van der Waals surface area contributed by atoms with Gasteiger partial charge in [-0.1, -0.05) is 0 Å². The summed E-state index contributed by atoms with van der Waals surface area (Å²) in [4.78, 5) is 30.0. The van der Waals surface area contributed by atoms with Crippen LogP contribution in [0.3, 0.4) is 0 Å². The van der Waals surface area contributed by atoms with Gasteiger partial charge in [0, 0.05) is 41.0 Å². The molecule has 0 aromatic carbocycles. The monoisotopic (exact) mass is 344 g/mol. The number of unbranched alkanes of at least 4 members (excludes halogenated alkanes) is 1. The van der Waals surface area contributed by atoms with Crippen LogP contribution in [0.25, 0.3) is 0 Å². The van der Waals surface area contributed by atoms with Gasteiger partial charge in [0.1, 0.15) is 0 Å². The van der Waals surface area contributed by atoms with Crippen molar-refractivity contribution in [3.63, 3.8) is 0 Å². The molecule has 0 aromatic heterocycles. The largest absolute Gasteiger partial charge is 0.417 e. The Morgan fingerprint density at radius 3 is 1.08 bits per heavy atom. The first kappa shape index (κ1) is 22.9. The summed E-state index contributed by atoms with van der Waals surface area (Å²) in [6.07, 6.45) is 1.85. The fraction of sp³-hybridized carbons (Fsp3) is 0.889. The number of carbonyl (C=O) groups excluding carboxylic acids is 2. The molecular weight excluding hydrogens is 304 g/mol. The maximum atomic E-state index is 12.4. The highest BCUT2D eigenvalue weighted by molar-refractivity contribution is 5.64. The smallest absolute Gasteiger partial charge is 0.299 e. The van der Waals surface area contributed by atoms with Gasteiger partial charge in [-0.2, -0.15) is 0 Å². The number of nitrogens with one attached hydrogen (secondary N) is 2. The normalized spacial score (nSPS) is 14.9. The van der Waals surface area contributed by atoms with Crippen LogP contribution in [-0.2, 0) is 0 Å². The molecule has 0 aliphatic heterocycles. The van der Waals surface area contributed by atoms with Crippen LogP contribution < -0.4 is 9.80 Å². The van der Waals surface area contributed by atoms with E-state index in [9.17, 15) is 9.59 Å². The first-order chi connectivity index (χ1) is 10.7. The lowest BCUT2D eigenvalue weighted by molar-refractivity contribution is -0.877. The molecule has 6 nitrogen and oxygen atoms in total. The van der Waals surface area contributed by atoms with E-state index in [-0.39, 0.29) is 23.1 Å². The molecule has 0 bridgehead atoms. The summed E-state index contributed by atoms with van der Waals surface area (Å²) in [6, 6.07) is 0.235. The number of rotatable bonds is 5. The Bertz CT molecular complexity index is 380. The van der Waals surface area contributed by atoms with Crippen LogP contribution in [0, 0.1) is 0 Å². The van der Waals surface area contributed by atoms with Gasteiger partial charge < -0.3 is 0 Å². The molecule has 0 aliphatic carbocycles. The van der Waals surface area contributed by atoms with Crippen molar-refractivity contribution in [2.45, 2.75) is 65.5 Å². The van der Waals surface area contributed by atoms with Crippen LogP contribution in [0.4, 0.5) is 9.59 Å². The molecule has 0 aliphatic rings. The third-order valence-electron chi connectivity index (χ3n) is 4.24. The molecule has 4 amide bonds. The Morgan fingerprint density at radius 2 is 0.917 bits per heavy atom. The van der Waals surface area contributed by atoms with E-state index in [0.29, 0.717) is 0 Å². The van der Waals surface area contributed by atoms with Crippen molar-refractivity contribution in [1.29, 1.82) is 0 Å². The molecule has 0 saturated heterocycles. The lowest BCUT2D eigenvalue weighted by Crippen LogP contribution is -3.23. The lowest BCUT2D eigenvalue weighted by atomic mass is 10.0. The minimum atomic E-state index is -0.128. The summed E-state index contributed by atoms with van der Waals surface area (Å²) < 4.78 is 0. The van der Waals surface area contributed by atoms with Gasteiger partial charge in [0.05, 0.1) is 24.2 Å². The number of urea groups is 2. The van der Waals surface area contributed by atoms with Gasteiger partial charge in [0.25, 0.3) is 0 Å². The fourth-order valence-corrected chi connectivity index (χ4v) is 2.75. The second-order valence-corrected chi connectivity index (χ2v) is 9.06. The predicted octanol–water partition coefficient (Wildman–Crippen LogP) is 0.497. The van der Waals surface area contributed by atoms with Gasteiger partial charge in [0.15, 0.2) is 0 Å². The topological polar surface area (TPSA) is 49.5 Å². The van der Waals surface area contributed by atoms with E-state index >= 15 is 0 Å². The van der Waals surface area contributed by atoms with Gasteiger partial charge in [0.2, 0.25) is 0 Å². The van der Waals surface area contributed by atoms with Crippen molar-refractivity contribution in [3.05, 3.63) is 0 Å². The number of hydrogen-bond acceptors (Lipinski definition) is 2. The average molecular weight is 345 g/mol. The Labute approximate surface area is 148 Å². The molecule has 0 heterocycles. The highest BCUT2D eigenvalue weighted by atomic mass is 16.2. The molecule has 2 N–H and O–H groups in total. The molecule has 0 radical (unpaired) electrons. The summed E-state index contributed by atoms with van der Waals surface area (Å²) in [5, 5.41) is 0. The van der Waals surface area contributed by atoms with E-state index in [1.165, 1.54) is 0 Å². The Balaban J connectivity index is 4.76. The van der Waals surface area contributed by atoms with Crippen LogP contribution in [0.1, 0.15) is 54.4 Å². The summed E-state index contributed by atoms with van der Waals surface area (Å²) in [5.41, 5.74) is -0.255. The molecule has 0 rings (SSSR count). The summed E-state index contributed by atoms with van der Waals surface area (Å²) in [6.45, 7) is 14.1. The highest BCUT2D eigenvalue weighted by Gasteiger charge is 2.35. The number of nitrogens with zero attached hydrogens (tertiary/aromatic N) is 2. The van der Waals surface area contributed by atoms with Crippen molar-refractivity contribution in [3.8, 4) is 0 Å². The lowest BCUT2D eigenvalue weighted by Gasteiger charge is -2.33. The molecule has 24 heavy (non-hydrogen) atoms. The highest BCUT2D eigenvalue weighted by Crippen LogP contribution is 1.97. The van der Waals surface area contributed by atoms with Crippen molar-refractivity contribution in [1.82, 2.24) is 9.80 Å². The minimum Gasteiger partial charge on any atom is -0.299 e. The second-order valence-electron chi connectivity index (χ2n) is 9.06. The molecule has 142 valence electrons. The summed E-state index contributed by atoms with van der Waals surface area (Å²) in [5.74, 6) is 0. The zero-order chi connectivity index (χ0) is 19.3. The SMILES string of the molecule is CN(C)C(=O)[NH+](CCCC[NH+](C(=O)N(C)C)C(C)(C)C)C(C)(C)C. The Hall–Kier alpha value is -1.14. The third kappa shape index (κ3) is 7.18. The number of amides is 4. The first-order valence-corrected chi connectivity index (χ1v) is 8.85. The number of carbonyl (C=O) groups is 2. The molecule has 2 unspecified atom stereocenters. The van der Waals surface area contributed by atoms with Gasteiger partial charge in [-0.25, -0.2) is 19.4 Å². The zero-order valence-electron chi connectivity index (χ0n) is 17.5. The van der Waals surface area contributed by atoms with Crippen LogP contribution in [0.15, 0.2) is 0 Å². The molecule has 6 heteroatoms. The molecule has 0 fully saturated rings. The predicted molar refractivity (Wildman–Crippen MR) is 98.6 cm³/mol.